The normalized spacial score (nSPS) is 19.6. The van der Waals surface area contributed by atoms with Gasteiger partial charge in [-0.3, -0.25) is 4.98 Å². The molecule has 0 aromatic carbocycles. The molecule has 0 bridgehead atoms. The van der Waals surface area contributed by atoms with Crippen molar-refractivity contribution in [2.75, 3.05) is 19.8 Å². The summed E-state index contributed by atoms with van der Waals surface area (Å²) in [7, 11) is 0. The predicted octanol–water partition coefficient (Wildman–Crippen LogP) is 1.79. The van der Waals surface area contributed by atoms with Gasteiger partial charge in [-0.2, -0.15) is 0 Å². The van der Waals surface area contributed by atoms with E-state index in [-0.39, 0.29) is 5.41 Å². The summed E-state index contributed by atoms with van der Waals surface area (Å²) in [5.74, 6) is 0. The lowest BCUT2D eigenvalue weighted by atomic mass is 9.74. The van der Waals surface area contributed by atoms with Crippen LogP contribution in [0.25, 0.3) is 0 Å². The number of hydrogen-bond acceptors (Lipinski definition) is 3. The maximum absolute atomic E-state index is 5.75. The molecular formula is C13H20N2O. The van der Waals surface area contributed by atoms with E-state index < -0.39 is 0 Å². The number of hydrogen-bond donors (Lipinski definition) is 1. The van der Waals surface area contributed by atoms with Gasteiger partial charge in [-0.05, 0) is 44.9 Å². The Balaban J connectivity index is 2.30. The first-order chi connectivity index (χ1) is 7.77. The van der Waals surface area contributed by atoms with Crippen molar-refractivity contribution in [3.05, 3.63) is 29.6 Å². The van der Waals surface area contributed by atoms with Gasteiger partial charge in [-0.25, -0.2) is 0 Å². The fourth-order valence-electron chi connectivity index (χ4n) is 2.51. The Morgan fingerprint density at radius 3 is 2.75 bits per heavy atom. The zero-order valence-electron chi connectivity index (χ0n) is 9.91. The molecule has 3 nitrogen and oxygen atoms in total. The molecule has 1 fully saturated rings. The standard InChI is InChI=1S/C13H20N2O/c1-11-3-2-4-12(15-11)13(5-8-14)6-9-16-10-7-13/h2-4H,5-10,14H2,1H3. The van der Waals surface area contributed by atoms with Crippen LogP contribution in [0.1, 0.15) is 30.7 Å². The highest BCUT2D eigenvalue weighted by Gasteiger charge is 2.34. The minimum absolute atomic E-state index is 0.152. The number of nitrogens with two attached hydrogens (primary N) is 1. The summed E-state index contributed by atoms with van der Waals surface area (Å²) in [5.41, 5.74) is 8.18. The van der Waals surface area contributed by atoms with Gasteiger partial charge in [-0.1, -0.05) is 6.07 Å². The van der Waals surface area contributed by atoms with Crippen LogP contribution in [-0.2, 0) is 10.2 Å². The van der Waals surface area contributed by atoms with Gasteiger partial charge in [0.1, 0.15) is 0 Å². The van der Waals surface area contributed by atoms with Crippen molar-refractivity contribution < 1.29 is 4.74 Å². The molecule has 1 saturated heterocycles. The van der Waals surface area contributed by atoms with Crippen molar-refractivity contribution in [1.82, 2.24) is 4.98 Å². The van der Waals surface area contributed by atoms with Crippen LogP contribution in [0, 0.1) is 6.92 Å². The molecule has 16 heavy (non-hydrogen) atoms. The van der Waals surface area contributed by atoms with Crippen molar-refractivity contribution in [2.24, 2.45) is 5.73 Å². The molecule has 0 amide bonds. The summed E-state index contributed by atoms with van der Waals surface area (Å²) in [6, 6.07) is 6.26. The van der Waals surface area contributed by atoms with Gasteiger partial charge in [0.15, 0.2) is 0 Å². The number of aryl methyl sites for hydroxylation is 1. The minimum atomic E-state index is 0.152. The molecule has 0 radical (unpaired) electrons. The smallest absolute Gasteiger partial charge is 0.0475 e. The van der Waals surface area contributed by atoms with Crippen molar-refractivity contribution in [2.45, 2.75) is 31.6 Å². The van der Waals surface area contributed by atoms with Crippen LogP contribution >= 0.6 is 0 Å². The van der Waals surface area contributed by atoms with E-state index in [4.69, 9.17) is 10.5 Å². The van der Waals surface area contributed by atoms with E-state index in [9.17, 15) is 0 Å². The summed E-state index contributed by atoms with van der Waals surface area (Å²) in [4.78, 5) is 4.68. The van der Waals surface area contributed by atoms with Crippen LogP contribution in [0.15, 0.2) is 18.2 Å². The predicted molar refractivity (Wildman–Crippen MR) is 64.4 cm³/mol. The largest absolute Gasteiger partial charge is 0.381 e. The SMILES string of the molecule is Cc1cccc(C2(CCN)CCOCC2)n1. The molecule has 2 N–H and O–H groups in total. The first-order valence-corrected chi connectivity index (χ1v) is 5.99. The maximum Gasteiger partial charge on any atom is 0.0475 e. The Bertz CT molecular complexity index is 340. The second-order valence-corrected chi connectivity index (χ2v) is 4.60. The maximum atomic E-state index is 5.75. The zero-order chi connectivity index (χ0) is 11.4. The Morgan fingerprint density at radius 2 is 2.12 bits per heavy atom. The monoisotopic (exact) mass is 220 g/mol. The molecule has 0 unspecified atom stereocenters. The van der Waals surface area contributed by atoms with Crippen molar-refractivity contribution in [3.63, 3.8) is 0 Å². The highest BCUT2D eigenvalue weighted by atomic mass is 16.5. The van der Waals surface area contributed by atoms with Crippen molar-refractivity contribution in [3.8, 4) is 0 Å². The van der Waals surface area contributed by atoms with Gasteiger partial charge in [0.25, 0.3) is 0 Å². The molecule has 3 heteroatoms. The Labute approximate surface area is 97.0 Å². The first kappa shape index (κ1) is 11.6. The summed E-state index contributed by atoms with van der Waals surface area (Å²) in [5, 5.41) is 0. The summed E-state index contributed by atoms with van der Waals surface area (Å²) in [6.45, 7) is 4.42. The number of nitrogens with zero attached hydrogens (tertiary/aromatic N) is 1. The third-order valence-electron chi connectivity index (χ3n) is 3.50. The van der Waals surface area contributed by atoms with Gasteiger partial charge in [-0.15, -0.1) is 0 Å². The van der Waals surface area contributed by atoms with Crippen LogP contribution in [-0.4, -0.2) is 24.7 Å². The van der Waals surface area contributed by atoms with Gasteiger partial charge in [0, 0.05) is 30.0 Å². The fraction of sp³-hybridized carbons (Fsp3) is 0.615. The van der Waals surface area contributed by atoms with Gasteiger partial charge < -0.3 is 10.5 Å². The van der Waals surface area contributed by atoms with Gasteiger partial charge in [0.2, 0.25) is 0 Å². The molecule has 1 aliphatic heterocycles. The lowest BCUT2D eigenvalue weighted by Gasteiger charge is -2.36. The van der Waals surface area contributed by atoms with Crippen molar-refractivity contribution >= 4 is 0 Å². The van der Waals surface area contributed by atoms with Gasteiger partial charge >= 0.3 is 0 Å². The molecule has 0 atom stereocenters. The molecule has 2 heterocycles. The number of pyridine rings is 1. The van der Waals surface area contributed by atoms with Crippen LogP contribution in [0.4, 0.5) is 0 Å². The average Bonchev–Trinajstić information content (AvgIpc) is 2.31. The van der Waals surface area contributed by atoms with Crippen LogP contribution in [0.3, 0.4) is 0 Å². The average molecular weight is 220 g/mol. The topological polar surface area (TPSA) is 48.1 Å². The molecule has 1 aromatic heterocycles. The Kier molecular flexibility index (Phi) is 3.56. The van der Waals surface area contributed by atoms with E-state index in [0.29, 0.717) is 0 Å². The number of aromatic nitrogens is 1. The van der Waals surface area contributed by atoms with E-state index in [2.05, 4.69) is 17.1 Å². The van der Waals surface area contributed by atoms with E-state index in [1.54, 1.807) is 0 Å². The molecule has 1 aromatic rings. The van der Waals surface area contributed by atoms with E-state index in [1.165, 1.54) is 5.69 Å². The quantitative estimate of drug-likeness (QED) is 0.844. The molecule has 1 aliphatic rings. The summed E-state index contributed by atoms with van der Waals surface area (Å²) >= 11 is 0. The first-order valence-electron chi connectivity index (χ1n) is 5.99. The third-order valence-corrected chi connectivity index (χ3v) is 3.50. The summed E-state index contributed by atoms with van der Waals surface area (Å²) in [6.07, 6.45) is 3.09. The van der Waals surface area contributed by atoms with Crippen molar-refractivity contribution in [1.29, 1.82) is 0 Å². The third kappa shape index (κ3) is 2.25. The summed E-state index contributed by atoms with van der Waals surface area (Å²) < 4.78 is 5.45. The fourth-order valence-corrected chi connectivity index (χ4v) is 2.51. The van der Waals surface area contributed by atoms with E-state index in [0.717, 1.165) is 44.7 Å². The molecular weight excluding hydrogens is 200 g/mol. The Morgan fingerprint density at radius 1 is 1.38 bits per heavy atom. The van der Waals surface area contributed by atoms with Gasteiger partial charge in [0.05, 0.1) is 0 Å². The van der Waals surface area contributed by atoms with E-state index in [1.807, 2.05) is 13.0 Å². The minimum Gasteiger partial charge on any atom is -0.381 e. The second-order valence-electron chi connectivity index (χ2n) is 4.60. The second kappa shape index (κ2) is 4.93. The molecule has 0 saturated carbocycles. The zero-order valence-corrected chi connectivity index (χ0v) is 9.91. The number of rotatable bonds is 3. The van der Waals surface area contributed by atoms with Crippen LogP contribution < -0.4 is 5.73 Å². The van der Waals surface area contributed by atoms with Crippen LogP contribution in [0.2, 0.25) is 0 Å². The molecule has 2 rings (SSSR count). The lowest BCUT2D eigenvalue weighted by Crippen LogP contribution is -2.36. The Hall–Kier alpha value is -0.930. The molecule has 88 valence electrons. The number of ether oxygens (including phenoxy) is 1. The highest BCUT2D eigenvalue weighted by molar-refractivity contribution is 5.20. The molecule has 0 spiro atoms. The van der Waals surface area contributed by atoms with Crippen LogP contribution in [0.5, 0.6) is 0 Å². The van der Waals surface area contributed by atoms with E-state index >= 15 is 0 Å². The lowest BCUT2D eigenvalue weighted by molar-refractivity contribution is 0.0461. The highest BCUT2D eigenvalue weighted by Crippen LogP contribution is 2.36. The molecule has 0 aliphatic carbocycles.